The molecule has 8 heavy (non-hydrogen) atoms. The predicted octanol–water partition coefficient (Wildman–Crippen LogP) is -0.679. The minimum Gasteiger partial charge on any atom is -0.343 e. The van der Waals surface area contributed by atoms with Gasteiger partial charge < -0.3 is 13.8 Å². The summed E-state index contributed by atoms with van der Waals surface area (Å²) in [5.74, 6) is 1.23. The molecule has 44 valence electrons. The fourth-order valence-corrected chi connectivity index (χ4v) is 0.285. The van der Waals surface area contributed by atoms with Gasteiger partial charge >= 0.3 is 51.4 Å². The van der Waals surface area contributed by atoms with Gasteiger partial charge in [-0.05, 0) is 0 Å². The molecule has 0 aromatic carbocycles. The molecule has 0 saturated carbocycles. The van der Waals surface area contributed by atoms with Gasteiger partial charge in [0.05, 0.1) is 0 Å². The summed E-state index contributed by atoms with van der Waals surface area (Å²) in [4.78, 5) is 0. The van der Waals surface area contributed by atoms with E-state index in [1.54, 1.807) is 0 Å². The van der Waals surface area contributed by atoms with E-state index in [-0.39, 0.29) is 51.4 Å². The summed E-state index contributed by atoms with van der Waals surface area (Å²) in [5, 5.41) is 0. The average Bonchev–Trinajstić information content (AvgIpc) is 1.65. The molecule has 0 saturated heterocycles. The molecule has 0 aliphatic heterocycles. The molecule has 2 atom stereocenters. The molecule has 1 heteroatoms. The third-order valence-corrected chi connectivity index (χ3v) is 1.43. The van der Waals surface area contributed by atoms with Gasteiger partial charge in [0.15, 0.2) is 0 Å². The molecule has 0 nitrogen and oxygen atoms in total. The molecule has 0 aromatic heterocycles. The first-order valence-corrected chi connectivity index (χ1v) is 2.80. The van der Waals surface area contributed by atoms with Crippen molar-refractivity contribution in [1.29, 1.82) is 0 Å². The van der Waals surface area contributed by atoms with Gasteiger partial charge in [0.1, 0.15) is 0 Å². The van der Waals surface area contributed by atoms with Crippen molar-refractivity contribution in [2.24, 2.45) is 11.8 Å². The van der Waals surface area contributed by atoms with E-state index in [1.807, 2.05) is 0 Å². The largest absolute Gasteiger partial charge is 1.00 e. The molecule has 0 spiro atoms. The molecule has 0 radical (unpaired) electrons. The Balaban J connectivity index is 0. The first-order valence-electron chi connectivity index (χ1n) is 2.80. The van der Waals surface area contributed by atoms with Crippen molar-refractivity contribution >= 4 is 0 Å². The van der Waals surface area contributed by atoms with Crippen LogP contribution in [0.3, 0.4) is 0 Å². The molecule has 0 aliphatic carbocycles. The summed E-state index contributed by atoms with van der Waals surface area (Å²) in [6.07, 6.45) is 1.00. The monoisotopic (exact) mass is 137 g/mol. The summed E-state index contributed by atoms with van der Waals surface area (Å²) in [7, 11) is 0. The second kappa shape index (κ2) is 6.75. The minimum absolute atomic E-state index is 0. The quantitative estimate of drug-likeness (QED) is 0.349. The van der Waals surface area contributed by atoms with Crippen molar-refractivity contribution in [1.82, 2.24) is 0 Å². The van der Waals surface area contributed by atoms with Gasteiger partial charge in [-0.3, -0.25) is 0 Å². The smallest absolute Gasteiger partial charge is 0.343 e. The zero-order valence-electron chi connectivity index (χ0n) is 6.28. The Hall–Kier alpha value is 1.64. The molecular formula is C7H14K-. The molecule has 0 aromatic rings. The van der Waals surface area contributed by atoms with Gasteiger partial charge in [0.25, 0.3) is 0 Å². The van der Waals surface area contributed by atoms with Crippen molar-refractivity contribution < 1.29 is 51.4 Å². The normalized spacial score (nSPS) is 16.5. The molecular weight excluding hydrogens is 123 g/mol. The second-order valence-corrected chi connectivity index (χ2v) is 2.24. The SMILES string of the molecule is [CH2-]CC(C)C([CH2-])C.[K+]. The standard InChI is InChI=1S/C7H14.K/c1-5-7(4)6(2)3;/h6-7H,1-2,5H2,3-4H3;/q-2;+1. The van der Waals surface area contributed by atoms with Gasteiger partial charge in [-0.1, -0.05) is 19.8 Å². The van der Waals surface area contributed by atoms with Crippen LogP contribution in [-0.4, -0.2) is 0 Å². The van der Waals surface area contributed by atoms with E-state index in [9.17, 15) is 0 Å². The third-order valence-electron chi connectivity index (χ3n) is 1.43. The Morgan fingerprint density at radius 1 is 1.38 bits per heavy atom. The summed E-state index contributed by atoms with van der Waals surface area (Å²) < 4.78 is 0. The van der Waals surface area contributed by atoms with Crippen LogP contribution < -0.4 is 51.4 Å². The van der Waals surface area contributed by atoms with Crippen LogP contribution in [-0.2, 0) is 0 Å². The Bertz CT molecular complexity index is 41.7. The zero-order chi connectivity index (χ0) is 5.86. The van der Waals surface area contributed by atoms with E-state index in [0.717, 1.165) is 6.42 Å². The van der Waals surface area contributed by atoms with Gasteiger partial charge in [-0.15, -0.1) is 0 Å². The van der Waals surface area contributed by atoms with Gasteiger partial charge in [-0.2, -0.15) is 12.3 Å². The van der Waals surface area contributed by atoms with Gasteiger partial charge in [0.2, 0.25) is 0 Å². The number of rotatable bonds is 2. The van der Waals surface area contributed by atoms with Crippen LogP contribution in [0.4, 0.5) is 0 Å². The molecule has 2 unspecified atom stereocenters. The van der Waals surface area contributed by atoms with E-state index in [1.165, 1.54) is 0 Å². The maximum absolute atomic E-state index is 3.87. The Morgan fingerprint density at radius 3 is 1.75 bits per heavy atom. The van der Waals surface area contributed by atoms with Crippen molar-refractivity contribution in [3.05, 3.63) is 13.8 Å². The van der Waals surface area contributed by atoms with Crippen LogP contribution >= 0.6 is 0 Å². The summed E-state index contributed by atoms with van der Waals surface area (Å²) in [5.41, 5.74) is 0. The summed E-state index contributed by atoms with van der Waals surface area (Å²) >= 11 is 0. The number of hydrogen-bond donors (Lipinski definition) is 0. The summed E-state index contributed by atoms with van der Waals surface area (Å²) in [6.45, 7) is 11.9. The van der Waals surface area contributed by atoms with E-state index in [0.29, 0.717) is 11.8 Å². The van der Waals surface area contributed by atoms with E-state index in [2.05, 4.69) is 27.7 Å². The van der Waals surface area contributed by atoms with Crippen LogP contribution in [0.25, 0.3) is 0 Å². The molecule has 0 amide bonds. The molecule has 0 heterocycles. The molecule has 0 N–H and O–H groups in total. The van der Waals surface area contributed by atoms with Crippen molar-refractivity contribution in [2.45, 2.75) is 20.3 Å². The topological polar surface area (TPSA) is 0 Å². The first-order chi connectivity index (χ1) is 3.18. The van der Waals surface area contributed by atoms with Crippen molar-refractivity contribution in [3.8, 4) is 0 Å². The maximum atomic E-state index is 3.87. The van der Waals surface area contributed by atoms with Crippen LogP contribution in [0.15, 0.2) is 0 Å². The van der Waals surface area contributed by atoms with Gasteiger partial charge in [0, 0.05) is 0 Å². The fraction of sp³-hybridized carbons (Fsp3) is 0.714. The summed E-state index contributed by atoms with van der Waals surface area (Å²) in [6, 6.07) is 0. The third kappa shape index (κ3) is 5.77. The van der Waals surface area contributed by atoms with Crippen molar-refractivity contribution in [3.63, 3.8) is 0 Å². The number of hydrogen-bond acceptors (Lipinski definition) is 0. The van der Waals surface area contributed by atoms with Crippen LogP contribution in [0.1, 0.15) is 20.3 Å². The average molecular weight is 137 g/mol. The van der Waals surface area contributed by atoms with Crippen LogP contribution in [0.2, 0.25) is 0 Å². The molecule has 0 bridgehead atoms. The predicted molar refractivity (Wildman–Crippen MR) is 33.7 cm³/mol. The first kappa shape index (κ1) is 12.3. The minimum atomic E-state index is 0. The van der Waals surface area contributed by atoms with E-state index < -0.39 is 0 Å². The molecule has 0 aliphatic rings. The zero-order valence-corrected chi connectivity index (χ0v) is 9.40. The fourth-order valence-electron chi connectivity index (χ4n) is 0.285. The Morgan fingerprint density at radius 2 is 1.75 bits per heavy atom. The van der Waals surface area contributed by atoms with Crippen LogP contribution in [0.5, 0.6) is 0 Å². The Kier molecular flexibility index (Phi) is 10.4. The molecule has 0 fully saturated rings. The van der Waals surface area contributed by atoms with Crippen molar-refractivity contribution in [2.75, 3.05) is 0 Å². The van der Waals surface area contributed by atoms with Gasteiger partial charge in [-0.25, -0.2) is 0 Å². The van der Waals surface area contributed by atoms with E-state index >= 15 is 0 Å². The van der Waals surface area contributed by atoms with Crippen LogP contribution in [0, 0.1) is 25.7 Å². The van der Waals surface area contributed by atoms with E-state index in [4.69, 9.17) is 0 Å². The second-order valence-electron chi connectivity index (χ2n) is 2.24. The molecule has 0 rings (SSSR count). The maximum Gasteiger partial charge on any atom is 1.00 e. The Labute approximate surface area is 95.9 Å².